The van der Waals surface area contributed by atoms with Crippen molar-refractivity contribution in [1.29, 1.82) is 0 Å². The highest BCUT2D eigenvalue weighted by Crippen LogP contribution is 2.24. The van der Waals surface area contributed by atoms with Gasteiger partial charge in [0.2, 0.25) is 5.91 Å². The van der Waals surface area contributed by atoms with Crippen molar-refractivity contribution in [3.8, 4) is 0 Å². The molecule has 0 radical (unpaired) electrons. The van der Waals surface area contributed by atoms with Gasteiger partial charge in [0.15, 0.2) is 5.13 Å². The minimum absolute atomic E-state index is 0.0294. The van der Waals surface area contributed by atoms with Gasteiger partial charge in [0.1, 0.15) is 6.04 Å². The summed E-state index contributed by atoms with van der Waals surface area (Å²) in [7, 11) is 1.97. The van der Waals surface area contributed by atoms with Crippen LogP contribution in [-0.4, -0.2) is 47.4 Å². The van der Waals surface area contributed by atoms with Crippen LogP contribution < -0.4 is 5.32 Å². The van der Waals surface area contributed by atoms with Crippen molar-refractivity contribution in [2.45, 2.75) is 39.3 Å². The van der Waals surface area contributed by atoms with Crippen molar-refractivity contribution in [3.05, 3.63) is 47.0 Å². The second-order valence-corrected chi connectivity index (χ2v) is 8.34. The van der Waals surface area contributed by atoms with E-state index in [-0.39, 0.29) is 11.9 Å². The first kappa shape index (κ1) is 20.0. The number of hydrogen-bond acceptors (Lipinski definition) is 5. The molecule has 1 aromatic heterocycles. The van der Waals surface area contributed by atoms with Crippen LogP contribution in [0.1, 0.15) is 44.0 Å². The molecule has 2 heterocycles. The van der Waals surface area contributed by atoms with Crippen molar-refractivity contribution in [2.24, 2.45) is 5.92 Å². The summed E-state index contributed by atoms with van der Waals surface area (Å²) in [6, 6.07) is 9.60. The highest BCUT2D eigenvalue weighted by atomic mass is 32.1. The van der Waals surface area contributed by atoms with E-state index < -0.39 is 0 Å². The number of aromatic nitrogens is 1. The van der Waals surface area contributed by atoms with E-state index >= 15 is 0 Å². The van der Waals surface area contributed by atoms with Crippen LogP contribution in [0, 0.1) is 5.92 Å². The van der Waals surface area contributed by atoms with E-state index in [4.69, 9.17) is 0 Å². The summed E-state index contributed by atoms with van der Waals surface area (Å²) >= 11 is 1.51. The molecule has 1 unspecified atom stereocenters. The smallest absolute Gasteiger partial charge is 0.248 e. The summed E-state index contributed by atoms with van der Waals surface area (Å²) < 4.78 is 0. The molecule has 27 heavy (non-hydrogen) atoms. The largest absolute Gasteiger partial charge is 0.300 e. The van der Waals surface area contributed by atoms with Gasteiger partial charge in [-0.25, -0.2) is 4.98 Å². The van der Waals surface area contributed by atoms with Gasteiger partial charge in [0.05, 0.1) is 5.69 Å². The molecule has 1 aromatic carbocycles. The molecule has 1 atom stereocenters. The highest BCUT2D eigenvalue weighted by molar-refractivity contribution is 7.13. The minimum Gasteiger partial charge on any atom is -0.300 e. The lowest BCUT2D eigenvalue weighted by atomic mass is 9.99. The zero-order chi connectivity index (χ0) is 19.2. The first-order valence-corrected chi connectivity index (χ1v) is 10.7. The van der Waals surface area contributed by atoms with Gasteiger partial charge in [0.25, 0.3) is 0 Å². The van der Waals surface area contributed by atoms with E-state index in [1.807, 2.05) is 42.3 Å². The lowest BCUT2D eigenvalue weighted by molar-refractivity contribution is -0.121. The third kappa shape index (κ3) is 5.37. The molecule has 6 heteroatoms. The maximum absolute atomic E-state index is 13.0. The van der Waals surface area contributed by atoms with E-state index in [2.05, 4.69) is 34.4 Å². The van der Waals surface area contributed by atoms with Crippen LogP contribution >= 0.6 is 11.3 Å². The molecule has 0 aliphatic carbocycles. The fourth-order valence-corrected chi connectivity index (χ4v) is 4.19. The van der Waals surface area contributed by atoms with E-state index in [0.29, 0.717) is 5.13 Å². The van der Waals surface area contributed by atoms with Crippen LogP contribution in [0.15, 0.2) is 35.7 Å². The number of amides is 1. The summed E-state index contributed by atoms with van der Waals surface area (Å²) in [5, 5.41) is 5.78. The van der Waals surface area contributed by atoms with Crippen LogP contribution in [0.5, 0.6) is 0 Å². The van der Waals surface area contributed by atoms with Crippen LogP contribution in [-0.2, 0) is 11.3 Å². The molecule has 146 valence electrons. The number of thiazole rings is 1. The van der Waals surface area contributed by atoms with Crippen molar-refractivity contribution in [3.63, 3.8) is 0 Å². The summed E-state index contributed by atoms with van der Waals surface area (Å²) in [5.74, 6) is 0.801. The predicted octanol–water partition coefficient (Wildman–Crippen LogP) is 4.01. The third-order valence-electron chi connectivity index (χ3n) is 5.35. The Labute approximate surface area is 166 Å². The Bertz CT molecular complexity index is 725. The lowest BCUT2D eigenvalue weighted by Gasteiger charge is -2.29. The molecule has 0 spiro atoms. The number of carbonyl (C=O) groups is 1. The Morgan fingerprint density at radius 3 is 2.70 bits per heavy atom. The van der Waals surface area contributed by atoms with Crippen molar-refractivity contribution in [1.82, 2.24) is 14.8 Å². The summed E-state index contributed by atoms with van der Waals surface area (Å²) in [5.41, 5.74) is 2.04. The Morgan fingerprint density at radius 1 is 1.33 bits per heavy atom. The first-order chi connectivity index (χ1) is 13.1. The SMILES string of the molecule is CCN(C)C(C(=O)Nc1nc(CN2CCC(C)CC2)cs1)c1ccccc1. The van der Waals surface area contributed by atoms with Crippen molar-refractivity contribution >= 4 is 22.4 Å². The summed E-state index contributed by atoms with van der Waals surface area (Å²) in [6.45, 7) is 8.32. The lowest BCUT2D eigenvalue weighted by Crippen LogP contribution is -2.34. The number of carbonyl (C=O) groups excluding carboxylic acids is 1. The van der Waals surface area contributed by atoms with Gasteiger partial charge in [0, 0.05) is 11.9 Å². The number of anilines is 1. The number of likely N-dealkylation sites (N-methyl/N-ethyl adjacent to an activating group) is 1. The second-order valence-electron chi connectivity index (χ2n) is 7.48. The molecule has 2 aromatic rings. The molecule has 3 rings (SSSR count). The molecule has 1 saturated heterocycles. The van der Waals surface area contributed by atoms with Crippen LogP contribution in [0.4, 0.5) is 5.13 Å². The second kappa shape index (κ2) is 9.44. The van der Waals surface area contributed by atoms with Gasteiger partial charge in [-0.2, -0.15) is 0 Å². The van der Waals surface area contributed by atoms with Gasteiger partial charge >= 0.3 is 0 Å². The number of benzene rings is 1. The molecular weight excluding hydrogens is 356 g/mol. The Kier molecular flexibility index (Phi) is 6.99. The zero-order valence-electron chi connectivity index (χ0n) is 16.5. The zero-order valence-corrected chi connectivity index (χ0v) is 17.3. The summed E-state index contributed by atoms with van der Waals surface area (Å²) in [6.07, 6.45) is 2.52. The Morgan fingerprint density at radius 2 is 2.04 bits per heavy atom. The fraction of sp³-hybridized carbons (Fsp3) is 0.524. The number of nitrogens with zero attached hydrogens (tertiary/aromatic N) is 3. The van der Waals surface area contributed by atoms with Crippen molar-refractivity contribution in [2.75, 3.05) is 32.0 Å². The van der Waals surface area contributed by atoms with Crippen molar-refractivity contribution < 1.29 is 4.79 Å². The van der Waals surface area contributed by atoms with Gasteiger partial charge in [-0.1, -0.05) is 44.2 Å². The maximum Gasteiger partial charge on any atom is 0.248 e. The van der Waals surface area contributed by atoms with Crippen LogP contribution in [0.2, 0.25) is 0 Å². The molecule has 1 aliphatic heterocycles. The van der Waals surface area contributed by atoms with E-state index in [1.165, 1.54) is 24.2 Å². The normalized spacial score (nSPS) is 17.2. The molecule has 5 nitrogen and oxygen atoms in total. The average Bonchev–Trinajstić information content (AvgIpc) is 3.11. The topological polar surface area (TPSA) is 48.5 Å². The highest BCUT2D eigenvalue weighted by Gasteiger charge is 2.25. The van der Waals surface area contributed by atoms with Crippen LogP contribution in [0.25, 0.3) is 0 Å². The Hall–Kier alpha value is -1.76. The number of piperidine rings is 1. The van der Waals surface area contributed by atoms with Gasteiger partial charge in [-0.3, -0.25) is 14.6 Å². The Balaban J connectivity index is 1.63. The first-order valence-electron chi connectivity index (χ1n) is 9.79. The monoisotopic (exact) mass is 386 g/mol. The third-order valence-corrected chi connectivity index (χ3v) is 6.15. The molecule has 1 N–H and O–H groups in total. The minimum atomic E-state index is -0.313. The number of hydrogen-bond donors (Lipinski definition) is 1. The van der Waals surface area contributed by atoms with Gasteiger partial charge < -0.3 is 5.32 Å². The maximum atomic E-state index is 13.0. The van der Waals surface area contributed by atoms with E-state index in [9.17, 15) is 4.79 Å². The quantitative estimate of drug-likeness (QED) is 0.781. The molecule has 1 amide bonds. The molecule has 0 bridgehead atoms. The average molecular weight is 387 g/mol. The van der Waals surface area contributed by atoms with Crippen LogP contribution in [0.3, 0.4) is 0 Å². The van der Waals surface area contributed by atoms with E-state index in [0.717, 1.165) is 43.4 Å². The predicted molar refractivity (Wildman–Crippen MR) is 112 cm³/mol. The molecular formula is C21H30N4OS. The standard InChI is InChI=1S/C21H30N4OS/c1-4-24(3)19(17-8-6-5-7-9-17)20(26)23-21-22-18(15-27-21)14-25-12-10-16(2)11-13-25/h5-9,15-16,19H,4,10-14H2,1-3H3,(H,22,23,26). The molecule has 1 fully saturated rings. The fourth-order valence-electron chi connectivity index (χ4n) is 3.48. The van der Waals surface area contributed by atoms with E-state index in [1.54, 1.807) is 0 Å². The summed E-state index contributed by atoms with van der Waals surface area (Å²) in [4.78, 5) is 22.1. The number of nitrogens with one attached hydrogen (secondary N) is 1. The van der Waals surface area contributed by atoms with Gasteiger partial charge in [-0.05, 0) is 51.0 Å². The molecule has 0 saturated carbocycles. The number of rotatable bonds is 7. The number of likely N-dealkylation sites (tertiary alicyclic amines) is 1. The molecule has 1 aliphatic rings. The van der Waals surface area contributed by atoms with Gasteiger partial charge in [-0.15, -0.1) is 11.3 Å².